The summed E-state index contributed by atoms with van der Waals surface area (Å²) in [6.45, 7) is 11.7. The van der Waals surface area contributed by atoms with Crippen LogP contribution in [-0.4, -0.2) is 102 Å². The highest BCUT2D eigenvalue weighted by molar-refractivity contribution is 5.96. The topological polar surface area (TPSA) is 209 Å². The van der Waals surface area contributed by atoms with Crippen molar-refractivity contribution in [2.24, 2.45) is 23.5 Å². The lowest BCUT2D eigenvalue weighted by Gasteiger charge is -2.34. The first-order valence-corrected chi connectivity index (χ1v) is 16.6. The van der Waals surface area contributed by atoms with Gasteiger partial charge >= 0.3 is 5.97 Å². The lowest BCUT2D eigenvalue weighted by atomic mass is 9.94. The van der Waals surface area contributed by atoms with Gasteiger partial charge in [-0.15, -0.1) is 0 Å². The van der Waals surface area contributed by atoms with Crippen LogP contribution in [0.1, 0.15) is 93.4 Å². The van der Waals surface area contributed by atoms with Crippen LogP contribution in [0.5, 0.6) is 0 Å². The van der Waals surface area contributed by atoms with Crippen molar-refractivity contribution in [1.82, 2.24) is 26.2 Å². The van der Waals surface area contributed by atoms with Gasteiger partial charge in [-0.25, -0.2) is 0 Å². The second-order valence-corrected chi connectivity index (χ2v) is 13.2. The molecule has 14 nitrogen and oxygen atoms in total. The molecule has 1 heterocycles. The monoisotopic (exact) mass is 654 g/mol. The predicted molar refractivity (Wildman–Crippen MR) is 173 cm³/mol. The number of aliphatic hydroxyl groups is 1. The van der Waals surface area contributed by atoms with Crippen molar-refractivity contribution < 1.29 is 38.6 Å². The Hall–Kier alpha value is -3.26. The molecule has 0 bridgehead atoms. The van der Waals surface area contributed by atoms with Crippen LogP contribution in [-0.2, 0) is 33.5 Å². The third kappa shape index (κ3) is 13.2. The van der Waals surface area contributed by atoms with E-state index in [1.807, 2.05) is 27.7 Å². The number of ether oxygens (including phenoxy) is 1. The van der Waals surface area contributed by atoms with Gasteiger partial charge in [0, 0.05) is 13.6 Å². The Morgan fingerprint density at radius 2 is 1.43 bits per heavy atom. The summed E-state index contributed by atoms with van der Waals surface area (Å²) < 4.78 is 5.72. The zero-order valence-electron chi connectivity index (χ0n) is 28.9. The summed E-state index contributed by atoms with van der Waals surface area (Å²) in [6.07, 6.45) is 2.25. The molecule has 14 heteroatoms. The third-order valence-corrected chi connectivity index (χ3v) is 8.06. The predicted octanol–water partition coefficient (Wildman–Crippen LogP) is 0.348. The number of rotatable bonds is 11. The highest BCUT2D eigenvalue weighted by Crippen LogP contribution is 2.22. The molecular weight excluding hydrogens is 596 g/mol. The van der Waals surface area contributed by atoms with E-state index in [-0.39, 0.29) is 24.8 Å². The fourth-order valence-corrected chi connectivity index (χ4v) is 5.32. The zero-order chi connectivity index (χ0) is 35.1. The van der Waals surface area contributed by atoms with E-state index in [9.17, 15) is 33.9 Å². The van der Waals surface area contributed by atoms with Crippen LogP contribution in [0.4, 0.5) is 0 Å². The van der Waals surface area contributed by atoms with Crippen molar-refractivity contribution in [1.29, 1.82) is 0 Å². The number of carbonyl (C=O) groups excluding carboxylic acids is 6. The normalized spacial score (nSPS) is 27.2. The van der Waals surface area contributed by atoms with E-state index < -0.39 is 84.3 Å². The number of hydrogen-bond acceptors (Lipinski definition) is 9. The largest absolute Gasteiger partial charge is 0.460 e. The molecule has 46 heavy (non-hydrogen) atoms. The van der Waals surface area contributed by atoms with E-state index in [1.54, 1.807) is 6.92 Å². The van der Waals surface area contributed by atoms with E-state index in [4.69, 9.17) is 10.5 Å². The fourth-order valence-electron chi connectivity index (χ4n) is 5.32. The molecule has 0 aliphatic carbocycles. The van der Waals surface area contributed by atoms with Crippen molar-refractivity contribution in [3.63, 3.8) is 0 Å². The lowest BCUT2D eigenvalue weighted by molar-refractivity contribution is -0.157. The zero-order valence-corrected chi connectivity index (χ0v) is 28.9. The number of nitrogens with two attached hydrogens (primary N) is 1. The van der Waals surface area contributed by atoms with E-state index in [1.165, 1.54) is 18.9 Å². The standard InChI is InChI=1S/C32H58N6O8/c1-9-10-11-12-13-25-20(6)32(45)38(8)24(15-19(4)5)30(43)35-22(14-18(2)3)28(41)36-23(16-33)29(42)37-27(21(7)39)31(44)34-17-26(40)46-25/h18-25,27,39H,9-17,33H2,1-8H3,(H,34,44)(H,35,43)(H,36,41)(H,37,42)/t20-,21+,22+,23+,24+,25-,27+/m1/s1. The number of cyclic esters (lactones) is 1. The minimum atomic E-state index is -1.48. The van der Waals surface area contributed by atoms with E-state index in [0.717, 1.165) is 19.3 Å². The Labute approximate surface area is 273 Å². The van der Waals surface area contributed by atoms with Crippen molar-refractivity contribution in [2.75, 3.05) is 20.1 Å². The van der Waals surface area contributed by atoms with E-state index in [2.05, 4.69) is 28.2 Å². The number of unbranched alkanes of at least 4 members (excludes halogenated alkanes) is 3. The first-order chi connectivity index (χ1) is 21.5. The van der Waals surface area contributed by atoms with E-state index >= 15 is 0 Å². The van der Waals surface area contributed by atoms with Gasteiger partial charge < -0.3 is 41.7 Å². The quantitative estimate of drug-likeness (QED) is 0.134. The van der Waals surface area contributed by atoms with Crippen LogP contribution in [0.25, 0.3) is 0 Å². The summed E-state index contributed by atoms with van der Waals surface area (Å²) in [6, 6.07) is -4.77. The second-order valence-electron chi connectivity index (χ2n) is 13.2. The number of hydrogen-bond donors (Lipinski definition) is 6. The molecular formula is C32H58N6O8. The maximum absolute atomic E-state index is 13.9. The molecule has 1 aliphatic heterocycles. The van der Waals surface area contributed by atoms with Gasteiger partial charge in [-0.2, -0.15) is 0 Å². The summed E-state index contributed by atoms with van der Waals surface area (Å²) >= 11 is 0. The molecule has 7 atom stereocenters. The number of aliphatic hydroxyl groups excluding tert-OH is 1. The van der Waals surface area contributed by atoms with Gasteiger partial charge in [-0.05, 0) is 44.4 Å². The number of carbonyl (C=O) groups is 6. The van der Waals surface area contributed by atoms with Gasteiger partial charge in [0.1, 0.15) is 36.8 Å². The molecule has 7 N–H and O–H groups in total. The van der Waals surface area contributed by atoms with Gasteiger partial charge in [0.25, 0.3) is 0 Å². The molecule has 1 aliphatic rings. The highest BCUT2D eigenvalue weighted by Gasteiger charge is 2.37. The van der Waals surface area contributed by atoms with Crippen molar-refractivity contribution in [3.05, 3.63) is 0 Å². The fraction of sp³-hybridized carbons (Fsp3) is 0.812. The van der Waals surface area contributed by atoms with E-state index in [0.29, 0.717) is 19.3 Å². The Kier molecular flexibility index (Phi) is 17.8. The van der Waals surface area contributed by atoms with Crippen LogP contribution in [0, 0.1) is 17.8 Å². The minimum Gasteiger partial charge on any atom is -0.460 e. The molecule has 0 aromatic rings. The average Bonchev–Trinajstić information content (AvgIpc) is 2.98. The van der Waals surface area contributed by atoms with Gasteiger partial charge in [0.05, 0.1) is 12.0 Å². The van der Waals surface area contributed by atoms with Crippen molar-refractivity contribution in [2.45, 2.75) is 130 Å². The molecule has 1 saturated heterocycles. The molecule has 0 saturated carbocycles. The number of esters is 1. The summed E-state index contributed by atoms with van der Waals surface area (Å²) in [7, 11) is 1.52. The van der Waals surface area contributed by atoms with Gasteiger partial charge in [0.2, 0.25) is 29.5 Å². The van der Waals surface area contributed by atoms with Crippen molar-refractivity contribution in [3.8, 4) is 0 Å². The molecule has 0 spiro atoms. The number of likely N-dealkylation sites (N-methyl/N-ethyl adjacent to an activating group) is 1. The summed E-state index contributed by atoms with van der Waals surface area (Å²) in [5.41, 5.74) is 5.80. The number of nitrogens with one attached hydrogen (secondary N) is 4. The SMILES string of the molecule is CCCCCC[C@H]1OC(=O)CNC(=O)[C@H]([C@H](C)O)NC(=O)[C@H](CN)NC(=O)[C@H](CC(C)C)NC(=O)[C@H](CC(C)C)N(C)C(=O)[C@@H]1C. The molecule has 0 aromatic carbocycles. The Bertz CT molecular complexity index is 1040. The molecule has 0 aromatic heterocycles. The highest BCUT2D eigenvalue weighted by atomic mass is 16.5. The molecule has 264 valence electrons. The van der Waals surface area contributed by atoms with Crippen LogP contribution in [0.15, 0.2) is 0 Å². The minimum absolute atomic E-state index is 0.0127. The molecule has 5 amide bonds. The maximum Gasteiger partial charge on any atom is 0.325 e. The van der Waals surface area contributed by atoms with Crippen LogP contribution in [0.2, 0.25) is 0 Å². The van der Waals surface area contributed by atoms with Crippen LogP contribution >= 0.6 is 0 Å². The smallest absolute Gasteiger partial charge is 0.325 e. The first kappa shape index (κ1) is 40.8. The summed E-state index contributed by atoms with van der Waals surface area (Å²) in [4.78, 5) is 81.4. The van der Waals surface area contributed by atoms with Crippen LogP contribution < -0.4 is 27.0 Å². The molecule has 0 radical (unpaired) electrons. The van der Waals surface area contributed by atoms with Gasteiger partial charge in [-0.1, -0.05) is 60.8 Å². The Morgan fingerprint density at radius 1 is 0.848 bits per heavy atom. The van der Waals surface area contributed by atoms with Crippen molar-refractivity contribution >= 4 is 35.5 Å². The average molecular weight is 655 g/mol. The van der Waals surface area contributed by atoms with Gasteiger partial charge in [-0.3, -0.25) is 28.8 Å². The second kappa shape index (κ2) is 20.1. The molecule has 1 fully saturated rings. The Morgan fingerprint density at radius 3 is 1.98 bits per heavy atom. The maximum atomic E-state index is 13.9. The summed E-state index contributed by atoms with van der Waals surface area (Å²) in [5, 5.41) is 20.4. The molecule has 1 rings (SSSR count). The number of nitrogens with zero attached hydrogens (tertiary/aromatic N) is 1. The summed E-state index contributed by atoms with van der Waals surface area (Å²) in [5.74, 6) is -4.94. The Balaban J connectivity index is 3.60. The number of amides is 5. The third-order valence-electron chi connectivity index (χ3n) is 8.06. The molecule has 0 unspecified atom stereocenters. The first-order valence-electron chi connectivity index (χ1n) is 16.6. The van der Waals surface area contributed by atoms with Gasteiger partial charge in [0.15, 0.2) is 0 Å². The van der Waals surface area contributed by atoms with Crippen LogP contribution in [0.3, 0.4) is 0 Å². The lowest BCUT2D eigenvalue weighted by Crippen LogP contribution is -2.61.